The van der Waals surface area contributed by atoms with E-state index >= 15 is 0 Å². The van der Waals surface area contributed by atoms with Crippen LogP contribution in [0.3, 0.4) is 0 Å². The standard InChI is InChI=1S/C22H23FN2O3/c1-14(2)15-6-10-18(11-7-15)25-21(27)19(16-4-8-17(23)9-5-16)20(22(25)28)24(3)12-13-26/h4-11,14,26H,12-13H2,1-3H3. The van der Waals surface area contributed by atoms with E-state index in [0.29, 0.717) is 17.2 Å². The van der Waals surface area contributed by atoms with Crippen molar-refractivity contribution >= 4 is 23.1 Å². The number of halogens is 1. The molecular formula is C22H23FN2O3. The Hall–Kier alpha value is -2.99. The molecule has 0 spiro atoms. The number of imide groups is 1. The highest BCUT2D eigenvalue weighted by atomic mass is 19.1. The summed E-state index contributed by atoms with van der Waals surface area (Å²) < 4.78 is 13.3. The van der Waals surface area contributed by atoms with Crippen LogP contribution in [0.5, 0.6) is 0 Å². The molecule has 2 amide bonds. The molecule has 2 aromatic rings. The van der Waals surface area contributed by atoms with E-state index < -0.39 is 17.6 Å². The lowest BCUT2D eigenvalue weighted by molar-refractivity contribution is -0.120. The lowest BCUT2D eigenvalue weighted by Crippen LogP contribution is -2.34. The van der Waals surface area contributed by atoms with Crippen molar-refractivity contribution in [2.45, 2.75) is 19.8 Å². The summed E-state index contributed by atoms with van der Waals surface area (Å²) >= 11 is 0. The summed E-state index contributed by atoms with van der Waals surface area (Å²) in [6.45, 7) is 4.16. The highest BCUT2D eigenvalue weighted by molar-refractivity contribution is 6.45. The number of aliphatic hydroxyl groups excluding tert-OH is 1. The Morgan fingerprint density at radius 3 is 2.14 bits per heavy atom. The topological polar surface area (TPSA) is 60.9 Å². The number of likely N-dealkylation sites (N-methyl/N-ethyl adjacent to an activating group) is 1. The second kappa shape index (κ2) is 7.94. The Kier molecular flexibility index (Phi) is 5.61. The third-order valence-corrected chi connectivity index (χ3v) is 4.83. The molecule has 0 unspecified atom stereocenters. The van der Waals surface area contributed by atoms with Crippen LogP contribution in [0, 0.1) is 5.82 Å². The molecule has 3 rings (SSSR count). The van der Waals surface area contributed by atoms with Crippen LogP contribution in [0.25, 0.3) is 5.57 Å². The van der Waals surface area contributed by atoms with Crippen LogP contribution in [0.1, 0.15) is 30.9 Å². The second-order valence-electron chi connectivity index (χ2n) is 7.07. The molecule has 28 heavy (non-hydrogen) atoms. The average Bonchev–Trinajstić information content (AvgIpc) is 2.93. The molecule has 0 saturated heterocycles. The number of benzene rings is 2. The van der Waals surface area contributed by atoms with Gasteiger partial charge in [-0.15, -0.1) is 0 Å². The first-order valence-electron chi connectivity index (χ1n) is 9.16. The molecule has 1 aliphatic heterocycles. The lowest BCUT2D eigenvalue weighted by Gasteiger charge is -2.20. The highest BCUT2D eigenvalue weighted by Gasteiger charge is 2.41. The molecule has 0 atom stereocenters. The van der Waals surface area contributed by atoms with Crippen molar-refractivity contribution in [1.29, 1.82) is 0 Å². The van der Waals surface area contributed by atoms with Gasteiger partial charge in [-0.25, -0.2) is 9.29 Å². The Morgan fingerprint density at radius 2 is 1.61 bits per heavy atom. The van der Waals surface area contributed by atoms with E-state index in [1.165, 1.54) is 24.3 Å². The third kappa shape index (κ3) is 3.55. The number of hydrogen-bond donors (Lipinski definition) is 1. The normalized spacial score (nSPS) is 14.4. The van der Waals surface area contributed by atoms with Gasteiger partial charge in [-0.05, 0) is 41.3 Å². The van der Waals surface area contributed by atoms with Crippen LogP contribution in [0.4, 0.5) is 10.1 Å². The van der Waals surface area contributed by atoms with Crippen LogP contribution in [0.15, 0.2) is 54.2 Å². The molecule has 0 aromatic heterocycles. The van der Waals surface area contributed by atoms with Gasteiger partial charge in [0.15, 0.2) is 0 Å². The minimum atomic E-state index is -0.464. The fourth-order valence-corrected chi connectivity index (χ4v) is 3.25. The maximum Gasteiger partial charge on any atom is 0.282 e. The predicted octanol–water partition coefficient (Wildman–Crippen LogP) is 3.16. The van der Waals surface area contributed by atoms with Crippen molar-refractivity contribution in [2.24, 2.45) is 0 Å². The number of rotatable bonds is 6. The van der Waals surface area contributed by atoms with E-state index in [9.17, 15) is 19.1 Å². The predicted molar refractivity (Wildman–Crippen MR) is 106 cm³/mol. The fraction of sp³-hybridized carbons (Fsp3) is 0.273. The number of carbonyl (C=O) groups excluding carboxylic acids is 2. The molecule has 0 fully saturated rings. The van der Waals surface area contributed by atoms with Crippen molar-refractivity contribution in [1.82, 2.24) is 4.90 Å². The molecule has 6 heteroatoms. The van der Waals surface area contributed by atoms with Crippen LogP contribution < -0.4 is 4.90 Å². The van der Waals surface area contributed by atoms with Crippen molar-refractivity contribution in [3.63, 3.8) is 0 Å². The summed E-state index contributed by atoms with van der Waals surface area (Å²) in [5, 5.41) is 9.28. The zero-order valence-electron chi connectivity index (χ0n) is 16.1. The minimum absolute atomic E-state index is 0.165. The number of hydrogen-bond acceptors (Lipinski definition) is 4. The number of nitrogens with zero attached hydrogens (tertiary/aromatic N) is 2. The molecule has 1 N–H and O–H groups in total. The van der Waals surface area contributed by atoms with Gasteiger partial charge in [0.2, 0.25) is 0 Å². The van der Waals surface area contributed by atoms with Gasteiger partial charge >= 0.3 is 0 Å². The van der Waals surface area contributed by atoms with Gasteiger partial charge in [-0.3, -0.25) is 9.59 Å². The molecule has 0 bridgehead atoms. The van der Waals surface area contributed by atoms with Crippen LogP contribution in [-0.4, -0.2) is 42.0 Å². The monoisotopic (exact) mass is 382 g/mol. The molecule has 0 radical (unpaired) electrons. The van der Waals surface area contributed by atoms with Crippen molar-refractivity contribution in [3.8, 4) is 0 Å². The van der Waals surface area contributed by atoms with E-state index in [1.807, 2.05) is 12.1 Å². The first-order valence-corrected chi connectivity index (χ1v) is 9.16. The third-order valence-electron chi connectivity index (χ3n) is 4.83. The maximum absolute atomic E-state index is 13.3. The molecule has 5 nitrogen and oxygen atoms in total. The summed E-state index contributed by atoms with van der Waals surface area (Å²) in [5.41, 5.74) is 2.44. The van der Waals surface area contributed by atoms with Gasteiger partial charge in [0.25, 0.3) is 11.8 Å². The molecule has 1 aliphatic rings. The molecule has 0 saturated carbocycles. The van der Waals surface area contributed by atoms with Gasteiger partial charge in [-0.2, -0.15) is 0 Å². The van der Waals surface area contributed by atoms with Gasteiger partial charge in [-0.1, -0.05) is 38.1 Å². The summed E-state index contributed by atoms with van der Waals surface area (Å²) in [6, 6.07) is 12.8. The molecule has 1 heterocycles. The van der Waals surface area contributed by atoms with Gasteiger partial charge in [0, 0.05) is 13.6 Å². The summed E-state index contributed by atoms with van der Waals surface area (Å²) in [4.78, 5) is 29.0. The molecular weight excluding hydrogens is 359 g/mol. The summed E-state index contributed by atoms with van der Waals surface area (Å²) in [5.74, 6) is -1.02. The first kappa shape index (κ1) is 19.8. The van der Waals surface area contributed by atoms with Crippen LogP contribution in [-0.2, 0) is 9.59 Å². The summed E-state index contributed by atoms with van der Waals surface area (Å²) in [7, 11) is 1.64. The SMILES string of the molecule is CC(C)c1ccc(N2C(=O)C(c3ccc(F)cc3)=C(N(C)CCO)C2=O)cc1. The Balaban J connectivity index is 2.07. The quantitative estimate of drug-likeness (QED) is 0.780. The average molecular weight is 382 g/mol. The second-order valence-corrected chi connectivity index (χ2v) is 7.07. The van der Waals surface area contributed by atoms with Crippen LogP contribution in [0.2, 0.25) is 0 Å². The summed E-state index contributed by atoms with van der Waals surface area (Å²) in [6.07, 6.45) is 0. The first-order chi connectivity index (χ1) is 13.3. The largest absolute Gasteiger partial charge is 0.395 e. The minimum Gasteiger partial charge on any atom is -0.395 e. The van der Waals surface area contributed by atoms with Crippen molar-refractivity contribution in [3.05, 3.63) is 71.2 Å². The van der Waals surface area contributed by atoms with Gasteiger partial charge in [0.05, 0.1) is 17.9 Å². The van der Waals surface area contributed by atoms with E-state index in [2.05, 4.69) is 13.8 Å². The Morgan fingerprint density at radius 1 is 1.00 bits per heavy atom. The number of anilines is 1. The molecule has 2 aromatic carbocycles. The fourth-order valence-electron chi connectivity index (χ4n) is 3.25. The Labute approximate surface area is 163 Å². The maximum atomic E-state index is 13.3. The number of carbonyl (C=O) groups is 2. The van der Waals surface area contributed by atoms with E-state index in [-0.39, 0.29) is 24.4 Å². The molecule has 0 aliphatic carbocycles. The van der Waals surface area contributed by atoms with E-state index in [0.717, 1.165) is 10.5 Å². The van der Waals surface area contributed by atoms with Gasteiger partial charge < -0.3 is 10.0 Å². The van der Waals surface area contributed by atoms with Gasteiger partial charge in [0.1, 0.15) is 11.5 Å². The number of aliphatic hydroxyl groups is 1. The van der Waals surface area contributed by atoms with Crippen molar-refractivity contribution < 1.29 is 19.1 Å². The van der Waals surface area contributed by atoms with E-state index in [4.69, 9.17) is 0 Å². The zero-order chi connectivity index (χ0) is 20.4. The molecule has 146 valence electrons. The van der Waals surface area contributed by atoms with Crippen molar-refractivity contribution in [2.75, 3.05) is 25.1 Å². The number of amides is 2. The Bertz CT molecular complexity index is 918. The van der Waals surface area contributed by atoms with E-state index in [1.54, 1.807) is 24.1 Å². The lowest BCUT2D eigenvalue weighted by atomic mass is 10.0. The highest BCUT2D eigenvalue weighted by Crippen LogP contribution is 2.34. The zero-order valence-corrected chi connectivity index (χ0v) is 16.1. The van der Waals surface area contributed by atoms with Crippen LogP contribution >= 0.6 is 0 Å². The smallest absolute Gasteiger partial charge is 0.282 e.